The van der Waals surface area contributed by atoms with Gasteiger partial charge in [0.1, 0.15) is 11.4 Å². The first-order valence-electron chi connectivity index (χ1n) is 10.8. The van der Waals surface area contributed by atoms with Crippen LogP contribution in [0.25, 0.3) is 10.9 Å². The van der Waals surface area contributed by atoms with E-state index >= 15 is 0 Å². The number of hydrogen-bond donors (Lipinski definition) is 3. The highest BCUT2D eigenvalue weighted by Gasteiger charge is 2.23. The Morgan fingerprint density at radius 2 is 1.79 bits per heavy atom. The third-order valence-electron chi connectivity index (χ3n) is 5.68. The minimum Gasteiger partial charge on any atom is -0.379 e. The lowest BCUT2D eigenvalue weighted by atomic mass is 10.0. The first-order valence-corrected chi connectivity index (χ1v) is 10.8. The van der Waals surface area contributed by atoms with Crippen LogP contribution in [-0.4, -0.2) is 61.1 Å². The summed E-state index contributed by atoms with van der Waals surface area (Å²) in [5.41, 5.74) is 1.06. The minimum atomic E-state index is -0.625. The predicted molar refractivity (Wildman–Crippen MR) is 121 cm³/mol. The first-order chi connectivity index (χ1) is 16.0. The summed E-state index contributed by atoms with van der Waals surface area (Å²) in [6.45, 7) is 2.57. The van der Waals surface area contributed by atoms with Crippen molar-refractivity contribution in [1.82, 2.24) is 20.5 Å². The van der Waals surface area contributed by atoms with E-state index in [1.807, 2.05) is 0 Å². The van der Waals surface area contributed by atoms with Crippen molar-refractivity contribution in [2.45, 2.75) is 6.04 Å². The highest BCUT2D eigenvalue weighted by atomic mass is 19.1. The van der Waals surface area contributed by atoms with Gasteiger partial charge >= 0.3 is 0 Å². The van der Waals surface area contributed by atoms with E-state index in [-0.39, 0.29) is 36.4 Å². The van der Waals surface area contributed by atoms with E-state index in [4.69, 9.17) is 4.74 Å². The number of amides is 2. The molecule has 0 radical (unpaired) electrons. The van der Waals surface area contributed by atoms with E-state index in [9.17, 15) is 18.8 Å². The summed E-state index contributed by atoms with van der Waals surface area (Å²) in [5.74, 6) is -1.34. The lowest BCUT2D eigenvalue weighted by molar-refractivity contribution is -0.120. The van der Waals surface area contributed by atoms with Crippen LogP contribution in [0.15, 0.2) is 59.5 Å². The number of nitrogens with one attached hydrogen (secondary N) is 3. The molecule has 1 aliphatic heterocycles. The highest BCUT2D eigenvalue weighted by molar-refractivity contribution is 5.98. The Morgan fingerprint density at radius 1 is 1.06 bits per heavy atom. The van der Waals surface area contributed by atoms with Gasteiger partial charge in [-0.25, -0.2) is 4.39 Å². The Balaban J connectivity index is 1.37. The van der Waals surface area contributed by atoms with Crippen molar-refractivity contribution in [2.24, 2.45) is 0 Å². The molecule has 2 heterocycles. The highest BCUT2D eigenvalue weighted by Crippen LogP contribution is 2.21. The molecule has 1 aliphatic rings. The third-order valence-corrected chi connectivity index (χ3v) is 5.68. The summed E-state index contributed by atoms with van der Waals surface area (Å²) < 4.78 is 18.8. The van der Waals surface area contributed by atoms with Gasteiger partial charge in [0.05, 0.1) is 25.8 Å². The molecule has 0 spiro atoms. The molecule has 4 rings (SSSR count). The molecule has 3 N–H and O–H groups in total. The van der Waals surface area contributed by atoms with Crippen molar-refractivity contribution in [2.75, 3.05) is 39.4 Å². The van der Waals surface area contributed by atoms with Gasteiger partial charge in [0.15, 0.2) is 0 Å². The molecule has 3 aromatic rings. The molecule has 8 nitrogen and oxygen atoms in total. The number of morpholine rings is 1. The number of rotatable bonds is 7. The number of nitrogens with zero attached hydrogens (tertiary/aromatic N) is 1. The standard InChI is InChI=1S/C24H25FN4O4/c25-17-7-5-16(6-8-17)21(29-9-11-33-12-10-29)14-27-22(30)15-28-24(32)19-13-26-20-4-2-1-3-18(20)23(19)31/h1-8,13,21H,9-12,14-15H2,(H,26,31)(H,27,30)(H,28,32). The number of carbonyl (C=O) groups excluding carboxylic acids is 2. The largest absolute Gasteiger partial charge is 0.379 e. The summed E-state index contributed by atoms with van der Waals surface area (Å²) in [6, 6.07) is 12.9. The lowest BCUT2D eigenvalue weighted by Crippen LogP contribution is -2.45. The molecule has 1 aromatic heterocycles. The molecule has 2 aromatic carbocycles. The maximum absolute atomic E-state index is 13.4. The maximum atomic E-state index is 13.4. The maximum Gasteiger partial charge on any atom is 0.257 e. The quantitative estimate of drug-likeness (QED) is 0.505. The van der Waals surface area contributed by atoms with Gasteiger partial charge in [-0.2, -0.15) is 0 Å². The second-order valence-electron chi connectivity index (χ2n) is 7.78. The van der Waals surface area contributed by atoms with Crippen molar-refractivity contribution < 1.29 is 18.7 Å². The van der Waals surface area contributed by atoms with Gasteiger partial charge in [-0.3, -0.25) is 19.3 Å². The van der Waals surface area contributed by atoms with Crippen molar-refractivity contribution in [3.63, 3.8) is 0 Å². The number of fused-ring (bicyclic) bond motifs is 1. The number of aromatic nitrogens is 1. The number of carbonyl (C=O) groups is 2. The third kappa shape index (κ3) is 5.44. The summed E-state index contributed by atoms with van der Waals surface area (Å²) in [4.78, 5) is 42.6. The first kappa shape index (κ1) is 22.6. The number of halogens is 1. The second kappa shape index (κ2) is 10.4. The van der Waals surface area contributed by atoms with Crippen LogP contribution >= 0.6 is 0 Å². The van der Waals surface area contributed by atoms with Crippen molar-refractivity contribution in [3.8, 4) is 0 Å². The van der Waals surface area contributed by atoms with Gasteiger partial charge in [0.2, 0.25) is 11.3 Å². The molecule has 2 amide bonds. The Kier molecular flexibility index (Phi) is 7.11. The zero-order valence-corrected chi connectivity index (χ0v) is 18.0. The molecular formula is C24H25FN4O4. The summed E-state index contributed by atoms with van der Waals surface area (Å²) in [7, 11) is 0. The van der Waals surface area contributed by atoms with E-state index in [2.05, 4.69) is 20.5 Å². The molecule has 0 aliphatic carbocycles. The molecule has 0 saturated carbocycles. The predicted octanol–water partition coefficient (Wildman–Crippen LogP) is 1.59. The fraction of sp³-hybridized carbons (Fsp3) is 0.292. The number of H-pyrrole nitrogens is 1. The molecule has 0 bridgehead atoms. The average Bonchev–Trinajstić information content (AvgIpc) is 2.85. The molecule has 1 saturated heterocycles. The van der Waals surface area contributed by atoms with Crippen LogP contribution in [-0.2, 0) is 9.53 Å². The zero-order chi connectivity index (χ0) is 23.2. The normalized spacial score (nSPS) is 15.2. The van der Waals surface area contributed by atoms with E-state index < -0.39 is 11.3 Å². The molecule has 172 valence electrons. The van der Waals surface area contributed by atoms with E-state index in [1.165, 1.54) is 18.3 Å². The van der Waals surface area contributed by atoms with Crippen LogP contribution in [0.4, 0.5) is 4.39 Å². The second-order valence-corrected chi connectivity index (χ2v) is 7.78. The van der Waals surface area contributed by atoms with Gasteiger partial charge in [0, 0.05) is 36.7 Å². The topological polar surface area (TPSA) is 104 Å². The molecular weight excluding hydrogens is 427 g/mol. The van der Waals surface area contributed by atoms with E-state index in [0.717, 1.165) is 5.56 Å². The number of para-hydroxylation sites is 1. The summed E-state index contributed by atoms with van der Waals surface area (Å²) in [6.07, 6.45) is 1.35. The monoisotopic (exact) mass is 452 g/mol. The van der Waals surface area contributed by atoms with Gasteiger partial charge in [-0.05, 0) is 29.8 Å². The molecule has 1 atom stereocenters. The minimum absolute atomic E-state index is 0.0565. The Labute approximate surface area is 189 Å². The van der Waals surface area contributed by atoms with Gasteiger partial charge in [-0.15, -0.1) is 0 Å². The zero-order valence-electron chi connectivity index (χ0n) is 18.0. The van der Waals surface area contributed by atoms with Crippen LogP contribution in [0.1, 0.15) is 22.0 Å². The molecule has 1 fully saturated rings. The number of benzene rings is 2. The number of aromatic amines is 1. The Hall–Kier alpha value is -3.56. The fourth-order valence-electron chi connectivity index (χ4n) is 3.90. The van der Waals surface area contributed by atoms with Crippen LogP contribution in [0.5, 0.6) is 0 Å². The van der Waals surface area contributed by atoms with Crippen molar-refractivity contribution in [1.29, 1.82) is 0 Å². The summed E-state index contributed by atoms with van der Waals surface area (Å²) >= 11 is 0. The van der Waals surface area contributed by atoms with Gasteiger partial charge in [0.25, 0.3) is 5.91 Å². The SMILES string of the molecule is O=C(CNC(=O)c1c[nH]c2ccccc2c1=O)NCC(c1ccc(F)cc1)N1CCOCC1. The molecule has 9 heteroatoms. The lowest BCUT2D eigenvalue weighted by Gasteiger charge is -2.35. The van der Waals surface area contributed by atoms with Crippen LogP contribution in [0.2, 0.25) is 0 Å². The summed E-state index contributed by atoms with van der Waals surface area (Å²) in [5, 5.41) is 5.73. The van der Waals surface area contributed by atoms with Crippen molar-refractivity contribution >= 4 is 22.7 Å². The number of hydrogen-bond acceptors (Lipinski definition) is 5. The van der Waals surface area contributed by atoms with Crippen molar-refractivity contribution in [3.05, 3.63) is 81.9 Å². The molecule has 1 unspecified atom stereocenters. The van der Waals surface area contributed by atoms with Crippen LogP contribution in [0, 0.1) is 5.82 Å². The molecule has 33 heavy (non-hydrogen) atoms. The van der Waals surface area contributed by atoms with E-state index in [1.54, 1.807) is 36.4 Å². The Bertz CT molecular complexity index is 1190. The Morgan fingerprint density at radius 3 is 2.55 bits per heavy atom. The fourth-order valence-corrected chi connectivity index (χ4v) is 3.90. The van der Waals surface area contributed by atoms with Gasteiger partial charge < -0.3 is 20.4 Å². The number of ether oxygens (including phenoxy) is 1. The van der Waals surface area contributed by atoms with E-state index in [0.29, 0.717) is 37.2 Å². The van der Waals surface area contributed by atoms with Crippen LogP contribution in [0.3, 0.4) is 0 Å². The number of pyridine rings is 1. The van der Waals surface area contributed by atoms with Gasteiger partial charge in [-0.1, -0.05) is 24.3 Å². The van der Waals surface area contributed by atoms with Crippen LogP contribution < -0.4 is 16.1 Å². The average molecular weight is 452 g/mol. The smallest absolute Gasteiger partial charge is 0.257 e.